The molecule has 0 saturated heterocycles. The molecule has 0 N–H and O–H groups in total. The van der Waals surface area contributed by atoms with Crippen molar-refractivity contribution >= 4 is 24.3 Å². The van der Waals surface area contributed by atoms with E-state index in [1.807, 2.05) is 36.4 Å². The standard InChI is InChI=1S/C34H44N2O4/c1-35(2)23-9-25-39-33-29(11-7-13-31(33)37-5)21-19-27-15-17-28(18-16-27)20-22-30-12-8-14-32(38-6)34(30)40-26-10-24-36(3)4/h7-8,11-22H,9-10,23-26H2,1-6H3. The summed E-state index contributed by atoms with van der Waals surface area (Å²) in [4.78, 5) is 4.31. The van der Waals surface area contributed by atoms with E-state index in [2.05, 4.69) is 86.6 Å². The van der Waals surface area contributed by atoms with Gasteiger partial charge in [-0.25, -0.2) is 0 Å². The molecule has 3 aromatic carbocycles. The van der Waals surface area contributed by atoms with E-state index in [0.29, 0.717) is 13.2 Å². The van der Waals surface area contributed by atoms with Crippen molar-refractivity contribution in [3.05, 3.63) is 82.9 Å². The van der Waals surface area contributed by atoms with Gasteiger partial charge in [0.1, 0.15) is 0 Å². The summed E-state index contributed by atoms with van der Waals surface area (Å²) in [6.07, 6.45) is 10.2. The smallest absolute Gasteiger partial charge is 0.168 e. The Bertz CT molecular complexity index is 1140. The molecule has 0 unspecified atom stereocenters. The highest BCUT2D eigenvalue weighted by Crippen LogP contribution is 2.34. The van der Waals surface area contributed by atoms with E-state index in [9.17, 15) is 0 Å². The van der Waals surface area contributed by atoms with E-state index in [1.165, 1.54) is 0 Å². The molecule has 0 radical (unpaired) electrons. The fourth-order valence-electron chi connectivity index (χ4n) is 4.16. The van der Waals surface area contributed by atoms with E-state index >= 15 is 0 Å². The van der Waals surface area contributed by atoms with Crippen molar-refractivity contribution in [2.45, 2.75) is 12.8 Å². The first-order valence-electron chi connectivity index (χ1n) is 13.8. The summed E-state index contributed by atoms with van der Waals surface area (Å²) in [6.45, 7) is 3.22. The topological polar surface area (TPSA) is 43.4 Å². The third-order valence-electron chi connectivity index (χ3n) is 6.30. The Morgan fingerprint density at radius 3 is 1.30 bits per heavy atom. The Morgan fingerprint density at radius 2 is 0.950 bits per heavy atom. The molecule has 0 aliphatic rings. The van der Waals surface area contributed by atoms with Crippen molar-refractivity contribution < 1.29 is 18.9 Å². The van der Waals surface area contributed by atoms with Crippen molar-refractivity contribution in [1.29, 1.82) is 0 Å². The zero-order chi connectivity index (χ0) is 28.7. The average molecular weight is 545 g/mol. The fraction of sp³-hybridized carbons (Fsp3) is 0.353. The first-order valence-corrected chi connectivity index (χ1v) is 13.8. The van der Waals surface area contributed by atoms with Crippen LogP contribution < -0.4 is 18.9 Å². The van der Waals surface area contributed by atoms with Crippen molar-refractivity contribution in [1.82, 2.24) is 9.80 Å². The van der Waals surface area contributed by atoms with Gasteiger partial charge in [-0.3, -0.25) is 0 Å². The molecule has 6 nitrogen and oxygen atoms in total. The van der Waals surface area contributed by atoms with Crippen LogP contribution in [0, 0.1) is 0 Å². The number of rotatable bonds is 16. The van der Waals surface area contributed by atoms with Crippen molar-refractivity contribution in [3.63, 3.8) is 0 Å². The molecule has 40 heavy (non-hydrogen) atoms. The minimum absolute atomic E-state index is 0.635. The number of benzene rings is 3. The quantitative estimate of drug-likeness (QED) is 0.148. The molecule has 0 fully saturated rings. The first-order chi connectivity index (χ1) is 19.4. The van der Waals surface area contributed by atoms with Crippen LogP contribution >= 0.6 is 0 Å². The molecule has 0 heterocycles. The highest BCUT2D eigenvalue weighted by molar-refractivity contribution is 5.77. The maximum absolute atomic E-state index is 6.13. The molecule has 214 valence electrons. The second-order valence-electron chi connectivity index (χ2n) is 10.1. The van der Waals surface area contributed by atoms with E-state index in [4.69, 9.17) is 18.9 Å². The number of nitrogens with zero attached hydrogens (tertiary/aromatic N) is 2. The lowest BCUT2D eigenvalue weighted by Crippen LogP contribution is -2.15. The molecular weight excluding hydrogens is 500 g/mol. The Morgan fingerprint density at radius 1 is 0.550 bits per heavy atom. The van der Waals surface area contributed by atoms with Gasteiger partial charge in [0.2, 0.25) is 0 Å². The Hall–Kier alpha value is -3.74. The summed E-state index contributed by atoms with van der Waals surface area (Å²) in [5.74, 6) is 3.03. The summed E-state index contributed by atoms with van der Waals surface area (Å²) in [6, 6.07) is 20.4. The number of ether oxygens (including phenoxy) is 4. The molecule has 0 amide bonds. The normalized spacial score (nSPS) is 11.6. The average Bonchev–Trinajstić information content (AvgIpc) is 2.96. The van der Waals surface area contributed by atoms with Crippen molar-refractivity contribution in [2.24, 2.45) is 0 Å². The van der Waals surface area contributed by atoms with Gasteiger partial charge < -0.3 is 28.7 Å². The van der Waals surface area contributed by atoms with Crippen LogP contribution in [-0.4, -0.2) is 78.5 Å². The summed E-state index contributed by atoms with van der Waals surface area (Å²) in [5, 5.41) is 0. The lowest BCUT2D eigenvalue weighted by molar-refractivity contribution is 0.268. The van der Waals surface area contributed by atoms with Crippen LogP contribution in [-0.2, 0) is 0 Å². The molecule has 0 spiro atoms. The maximum atomic E-state index is 6.13. The molecule has 0 aliphatic carbocycles. The van der Waals surface area contributed by atoms with Crippen LogP contribution in [0.25, 0.3) is 24.3 Å². The number of para-hydroxylation sites is 2. The molecular formula is C34H44N2O4. The second-order valence-corrected chi connectivity index (χ2v) is 10.1. The van der Waals surface area contributed by atoms with Crippen molar-refractivity contribution in [2.75, 3.05) is 68.7 Å². The Kier molecular flexibility index (Phi) is 12.6. The Balaban J connectivity index is 1.69. The van der Waals surface area contributed by atoms with Crippen LogP contribution in [0.2, 0.25) is 0 Å². The van der Waals surface area contributed by atoms with Crippen LogP contribution in [0.5, 0.6) is 23.0 Å². The van der Waals surface area contributed by atoms with Gasteiger partial charge in [0, 0.05) is 24.2 Å². The first kappa shape index (κ1) is 30.8. The molecule has 0 aromatic heterocycles. The highest BCUT2D eigenvalue weighted by atomic mass is 16.5. The molecule has 0 aliphatic heterocycles. The predicted octanol–water partition coefficient (Wildman–Crippen LogP) is 6.71. The second kappa shape index (κ2) is 16.4. The number of hydrogen-bond donors (Lipinski definition) is 0. The lowest BCUT2D eigenvalue weighted by Gasteiger charge is -2.15. The fourth-order valence-corrected chi connectivity index (χ4v) is 4.16. The summed E-state index contributed by atoms with van der Waals surface area (Å²) in [7, 11) is 11.6. The van der Waals surface area contributed by atoms with Crippen LogP contribution in [0.3, 0.4) is 0 Å². The zero-order valence-corrected chi connectivity index (χ0v) is 24.9. The van der Waals surface area contributed by atoms with Gasteiger partial charge >= 0.3 is 0 Å². The Labute approximate surface area is 240 Å². The van der Waals surface area contributed by atoms with Crippen LogP contribution in [0.1, 0.15) is 35.1 Å². The molecule has 3 aromatic rings. The molecule has 3 rings (SSSR count). The highest BCUT2D eigenvalue weighted by Gasteiger charge is 2.10. The van der Waals surface area contributed by atoms with Gasteiger partial charge in [-0.15, -0.1) is 0 Å². The van der Waals surface area contributed by atoms with E-state index in [1.54, 1.807) is 14.2 Å². The lowest BCUT2D eigenvalue weighted by atomic mass is 10.1. The maximum Gasteiger partial charge on any atom is 0.168 e. The largest absolute Gasteiger partial charge is 0.493 e. The SMILES string of the molecule is COc1cccc(C=Cc2ccc(C=Cc3cccc(OC)c3OCCCN(C)C)cc2)c1OCCCN(C)C. The van der Waals surface area contributed by atoms with Crippen LogP contribution in [0.15, 0.2) is 60.7 Å². The van der Waals surface area contributed by atoms with Crippen LogP contribution in [0.4, 0.5) is 0 Å². The van der Waals surface area contributed by atoms with Gasteiger partial charge in [-0.2, -0.15) is 0 Å². The molecule has 6 heteroatoms. The van der Waals surface area contributed by atoms with E-state index < -0.39 is 0 Å². The third-order valence-corrected chi connectivity index (χ3v) is 6.30. The third kappa shape index (κ3) is 9.78. The molecule has 0 bridgehead atoms. The van der Waals surface area contributed by atoms with E-state index in [0.717, 1.165) is 71.2 Å². The van der Waals surface area contributed by atoms with Crippen molar-refractivity contribution in [3.8, 4) is 23.0 Å². The number of methoxy groups -OCH3 is 2. The van der Waals surface area contributed by atoms with E-state index in [-0.39, 0.29) is 0 Å². The molecule has 0 saturated carbocycles. The van der Waals surface area contributed by atoms with Gasteiger partial charge in [-0.05, 0) is 64.3 Å². The zero-order valence-electron chi connectivity index (χ0n) is 24.9. The number of hydrogen-bond acceptors (Lipinski definition) is 6. The minimum Gasteiger partial charge on any atom is -0.493 e. The summed E-state index contributed by atoms with van der Waals surface area (Å²) in [5.41, 5.74) is 4.18. The van der Waals surface area contributed by atoms with Gasteiger partial charge in [0.15, 0.2) is 23.0 Å². The minimum atomic E-state index is 0.635. The van der Waals surface area contributed by atoms with Gasteiger partial charge in [0.25, 0.3) is 0 Å². The summed E-state index contributed by atoms with van der Waals surface area (Å²) >= 11 is 0. The summed E-state index contributed by atoms with van der Waals surface area (Å²) < 4.78 is 23.4. The van der Waals surface area contributed by atoms with Gasteiger partial charge in [0.05, 0.1) is 27.4 Å². The molecule has 0 atom stereocenters. The van der Waals surface area contributed by atoms with Gasteiger partial charge in [-0.1, -0.05) is 72.8 Å². The monoisotopic (exact) mass is 544 g/mol. The predicted molar refractivity (Wildman–Crippen MR) is 168 cm³/mol.